The lowest BCUT2D eigenvalue weighted by atomic mass is 9.98. The number of amides is 2. The van der Waals surface area contributed by atoms with Gasteiger partial charge in [-0.25, -0.2) is 0 Å². The molecule has 6 nitrogen and oxygen atoms in total. The number of thiocarbonyl (C=S) groups is 1. The van der Waals surface area contributed by atoms with Crippen LogP contribution in [-0.4, -0.2) is 41.5 Å². The van der Waals surface area contributed by atoms with Gasteiger partial charge < -0.3 is 15.0 Å². The molecule has 0 saturated carbocycles. The minimum absolute atomic E-state index is 0.0581. The third kappa shape index (κ3) is 7.83. The first-order valence-electron chi connectivity index (χ1n) is 12.2. The summed E-state index contributed by atoms with van der Waals surface area (Å²) in [6.45, 7) is 6.70. The molecule has 0 unspecified atom stereocenters. The van der Waals surface area contributed by atoms with Crippen LogP contribution in [0.3, 0.4) is 0 Å². The minimum atomic E-state index is -0.293. The molecule has 7 heteroatoms. The fourth-order valence-electron chi connectivity index (χ4n) is 3.85. The SMILES string of the molecule is CCCCCCOc1ccc(C(=O)NC(=S)Nc2ccc(C(=O)N3CCC(C)CC3)cc2)cc1. The predicted molar refractivity (Wildman–Crippen MR) is 141 cm³/mol. The topological polar surface area (TPSA) is 70.7 Å². The van der Waals surface area contributed by atoms with E-state index in [1.807, 2.05) is 4.90 Å². The van der Waals surface area contributed by atoms with E-state index in [1.165, 1.54) is 12.8 Å². The Morgan fingerprint density at radius 3 is 2.26 bits per heavy atom. The molecule has 1 aliphatic heterocycles. The summed E-state index contributed by atoms with van der Waals surface area (Å²) in [5, 5.41) is 5.89. The Kier molecular flexibility index (Phi) is 9.89. The van der Waals surface area contributed by atoms with Crippen LogP contribution in [0.15, 0.2) is 48.5 Å². The van der Waals surface area contributed by atoms with Gasteiger partial charge in [0.05, 0.1) is 6.61 Å². The summed E-state index contributed by atoms with van der Waals surface area (Å²) >= 11 is 5.29. The first kappa shape index (κ1) is 25.7. The molecule has 0 spiro atoms. The van der Waals surface area contributed by atoms with E-state index in [9.17, 15) is 9.59 Å². The van der Waals surface area contributed by atoms with Crippen LogP contribution >= 0.6 is 12.2 Å². The highest BCUT2D eigenvalue weighted by Crippen LogP contribution is 2.19. The number of piperidine rings is 1. The molecule has 1 heterocycles. The average molecular weight is 482 g/mol. The molecule has 3 rings (SSSR count). The van der Waals surface area contributed by atoms with E-state index in [2.05, 4.69) is 24.5 Å². The van der Waals surface area contributed by atoms with E-state index in [1.54, 1.807) is 48.5 Å². The Bertz CT molecular complexity index is 952. The van der Waals surface area contributed by atoms with Crippen molar-refractivity contribution < 1.29 is 14.3 Å². The Morgan fingerprint density at radius 1 is 0.971 bits per heavy atom. The van der Waals surface area contributed by atoms with Crippen LogP contribution in [-0.2, 0) is 0 Å². The second-order valence-electron chi connectivity index (χ2n) is 8.89. The van der Waals surface area contributed by atoms with Crippen molar-refractivity contribution >= 4 is 34.8 Å². The van der Waals surface area contributed by atoms with E-state index in [-0.39, 0.29) is 16.9 Å². The fourth-order valence-corrected chi connectivity index (χ4v) is 4.06. The van der Waals surface area contributed by atoms with E-state index in [0.717, 1.165) is 44.5 Å². The number of hydrogen-bond acceptors (Lipinski definition) is 4. The zero-order chi connectivity index (χ0) is 24.3. The molecule has 0 aliphatic carbocycles. The van der Waals surface area contributed by atoms with Gasteiger partial charge in [0.15, 0.2) is 5.11 Å². The fraction of sp³-hybridized carbons (Fsp3) is 0.444. The highest BCUT2D eigenvalue weighted by molar-refractivity contribution is 7.80. The molecular formula is C27H35N3O3S. The van der Waals surface area contributed by atoms with E-state index >= 15 is 0 Å². The number of hydrogen-bond donors (Lipinski definition) is 2. The number of likely N-dealkylation sites (tertiary alicyclic amines) is 1. The number of nitrogens with zero attached hydrogens (tertiary/aromatic N) is 1. The lowest BCUT2D eigenvalue weighted by Gasteiger charge is -2.30. The smallest absolute Gasteiger partial charge is 0.257 e. The maximum absolute atomic E-state index is 12.7. The third-order valence-electron chi connectivity index (χ3n) is 6.07. The molecule has 2 aromatic rings. The van der Waals surface area contributed by atoms with Crippen molar-refractivity contribution in [3.8, 4) is 5.75 Å². The van der Waals surface area contributed by atoms with Crippen molar-refractivity contribution in [2.24, 2.45) is 5.92 Å². The van der Waals surface area contributed by atoms with Crippen LogP contribution in [0.5, 0.6) is 5.75 Å². The van der Waals surface area contributed by atoms with Crippen molar-refractivity contribution in [2.75, 3.05) is 25.0 Å². The lowest BCUT2D eigenvalue weighted by Crippen LogP contribution is -2.37. The summed E-state index contributed by atoms with van der Waals surface area (Å²) in [5.74, 6) is 1.20. The average Bonchev–Trinajstić information content (AvgIpc) is 2.84. The van der Waals surface area contributed by atoms with Crippen molar-refractivity contribution in [3.05, 3.63) is 59.7 Å². The molecule has 2 amide bonds. The molecule has 2 N–H and O–H groups in total. The molecule has 1 saturated heterocycles. The maximum Gasteiger partial charge on any atom is 0.257 e. The molecule has 0 atom stereocenters. The van der Waals surface area contributed by atoms with Gasteiger partial charge in [0.1, 0.15) is 5.75 Å². The van der Waals surface area contributed by atoms with Gasteiger partial charge in [-0.2, -0.15) is 0 Å². The quantitative estimate of drug-likeness (QED) is 0.358. The van der Waals surface area contributed by atoms with Crippen molar-refractivity contribution in [1.29, 1.82) is 0 Å². The van der Waals surface area contributed by atoms with Crippen LogP contribution in [0.2, 0.25) is 0 Å². The van der Waals surface area contributed by atoms with Crippen molar-refractivity contribution in [3.63, 3.8) is 0 Å². The largest absolute Gasteiger partial charge is 0.494 e. The Labute approximate surface area is 208 Å². The van der Waals surface area contributed by atoms with Crippen LogP contribution in [0.25, 0.3) is 0 Å². The standard InChI is InChI=1S/C27H35N3O3S/c1-3-4-5-6-19-33-24-13-9-21(10-14-24)25(31)29-27(34)28-23-11-7-22(8-12-23)26(32)30-17-15-20(2)16-18-30/h7-14,20H,3-6,15-19H2,1-2H3,(H2,28,29,31,34). The maximum atomic E-state index is 12.7. The van der Waals surface area contributed by atoms with E-state index in [0.29, 0.717) is 29.3 Å². The molecule has 0 radical (unpaired) electrons. The molecule has 1 aliphatic rings. The molecule has 34 heavy (non-hydrogen) atoms. The minimum Gasteiger partial charge on any atom is -0.494 e. The van der Waals surface area contributed by atoms with Gasteiger partial charge in [-0.15, -0.1) is 0 Å². The summed E-state index contributed by atoms with van der Waals surface area (Å²) in [5.41, 5.74) is 1.86. The summed E-state index contributed by atoms with van der Waals surface area (Å²) < 4.78 is 5.72. The normalized spacial score (nSPS) is 13.9. The zero-order valence-corrected chi connectivity index (χ0v) is 21.0. The van der Waals surface area contributed by atoms with Gasteiger partial charge in [0, 0.05) is 29.9 Å². The van der Waals surface area contributed by atoms with Gasteiger partial charge in [0.25, 0.3) is 11.8 Å². The van der Waals surface area contributed by atoms with Crippen LogP contribution in [0, 0.1) is 5.92 Å². The Balaban J connectivity index is 1.44. The number of unbranched alkanes of at least 4 members (excludes halogenated alkanes) is 3. The monoisotopic (exact) mass is 481 g/mol. The number of carbonyl (C=O) groups excluding carboxylic acids is 2. The van der Waals surface area contributed by atoms with Gasteiger partial charge in [-0.1, -0.05) is 33.1 Å². The molecular weight excluding hydrogens is 446 g/mol. The third-order valence-corrected chi connectivity index (χ3v) is 6.27. The van der Waals surface area contributed by atoms with E-state index < -0.39 is 0 Å². The number of nitrogens with one attached hydrogen (secondary N) is 2. The first-order chi connectivity index (χ1) is 16.5. The highest BCUT2D eigenvalue weighted by atomic mass is 32.1. The van der Waals surface area contributed by atoms with Crippen LogP contribution < -0.4 is 15.4 Å². The number of rotatable bonds is 9. The summed E-state index contributed by atoms with van der Waals surface area (Å²) in [6.07, 6.45) is 6.71. The molecule has 0 bridgehead atoms. The Morgan fingerprint density at radius 2 is 1.62 bits per heavy atom. The van der Waals surface area contributed by atoms with Crippen molar-refractivity contribution in [1.82, 2.24) is 10.2 Å². The lowest BCUT2D eigenvalue weighted by molar-refractivity contribution is 0.0697. The molecule has 1 fully saturated rings. The van der Waals surface area contributed by atoms with Gasteiger partial charge >= 0.3 is 0 Å². The first-order valence-corrected chi connectivity index (χ1v) is 12.6. The number of carbonyl (C=O) groups is 2. The predicted octanol–water partition coefficient (Wildman–Crippen LogP) is 5.64. The molecule has 0 aromatic heterocycles. The second kappa shape index (κ2) is 13.1. The van der Waals surface area contributed by atoms with Crippen molar-refractivity contribution in [2.45, 2.75) is 52.4 Å². The number of ether oxygens (including phenoxy) is 1. The number of benzene rings is 2. The van der Waals surface area contributed by atoms with Gasteiger partial charge in [-0.3, -0.25) is 14.9 Å². The number of anilines is 1. The zero-order valence-electron chi connectivity index (χ0n) is 20.1. The second-order valence-corrected chi connectivity index (χ2v) is 9.30. The summed E-state index contributed by atoms with van der Waals surface area (Å²) in [7, 11) is 0. The van der Waals surface area contributed by atoms with Crippen LogP contribution in [0.1, 0.15) is 73.1 Å². The van der Waals surface area contributed by atoms with Crippen LogP contribution in [0.4, 0.5) is 5.69 Å². The highest BCUT2D eigenvalue weighted by Gasteiger charge is 2.21. The summed E-state index contributed by atoms with van der Waals surface area (Å²) in [4.78, 5) is 27.1. The van der Waals surface area contributed by atoms with Gasteiger partial charge in [0.2, 0.25) is 0 Å². The summed E-state index contributed by atoms with van der Waals surface area (Å²) in [6, 6.07) is 14.2. The molecule has 182 valence electrons. The Hall–Kier alpha value is -2.93. The van der Waals surface area contributed by atoms with E-state index in [4.69, 9.17) is 17.0 Å². The van der Waals surface area contributed by atoms with Gasteiger partial charge in [-0.05, 0) is 85.9 Å². The molecule has 2 aromatic carbocycles.